The molecule has 0 atom stereocenters. The van der Waals surface area contributed by atoms with Crippen molar-refractivity contribution in [3.63, 3.8) is 0 Å². The number of nitrogens with one attached hydrogen (secondary N) is 2. The molecule has 2 aromatic rings. The van der Waals surface area contributed by atoms with Gasteiger partial charge >= 0.3 is 0 Å². The second kappa shape index (κ2) is 8.94. The number of amides is 2. The van der Waals surface area contributed by atoms with Gasteiger partial charge in [0.1, 0.15) is 0 Å². The van der Waals surface area contributed by atoms with Crippen LogP contribution in [0.2, 0.25) is 0 Å². The average Bonchev–Trinajstić information content (AvgIpc) is 2.70. The quantitative estimate of drug-likeness (QED) is 0.633. The third-order valence-corrected chi connectivity index (χ3v) is 4.57. The maximum Gasteiger partial charge on any atom is 0.271 e. The number of hydrogen-bond acceptors (Lipinski definition) is 3. The fourth-order valence-corrected chi connectivity index (χ4v) is 3.08. The van der Waals surface area contributed by atoms with Gasteiger partial charge in [-0.15, -0.1) is 0 Å². The Balaban J connectivity index is 1.52. The first kappa shape index (κ1) is 17.9. The zero-order valence-electron chi connectivity index (χ0n) is 14.7. The van der Waals surface area contributed by atoms with E-state index in [4.69, 9.17) is 0 Å². The maximum atomic E-state index is 12.3. The second-order valence-electron chi connectivity index (χ2n) is 6.51. The first-order valence-electron chi connectivity index (χ1n) is 9.02. The SMILES string of the molecule is O=C(N/N=C/c1ccccc1)c1ccc(NC(=O)C2CCCCC2)cc1. The molecule has 1 fully saturated rings. The van der Waals surface area contributed by atoms with Crippen molar-refractivity contribution in [3.05, 3.63) is 65.7 Å². The zero-order chi connectivity index (χ0) is 18.2. The van der Waals surface area contributed by atoms with Crippen LogP contribution in [0.5, 0.6) is 0 Å². The molecule has 2 aromatic carbocycles. The van der Waals surface area contributed by atoms with Gasteiger partial charge in [-0.2, -0.15) is 5.10 Å². The van der Waals surface area contributed by atoms with Gasteiger partial charge in [-0.3, -0.25) is 9.59 Å². The lowest BCUT2D eigenvalue weighted by molar-refractivity contribution is -0.120. The number of hydrogen-bond donors (Lipinski definition) is 2. The van der Waals surface area contributed by atoms with Crippen molar-refractivity contribution < 1.29 is 9.59 Å². The number of rotatable bonds is 5. The number of anilines is 1. The third kappa shape index (κ3) is 5.02. The Morgan fingerprint density at radius 1 is 0.923 bits per heavy atom. The summed E-state index contributed by atoms with van der Waals surface area (Å²) in [6, 6.07) is 16.4. The van der Waals surface area contributed by atoms with Crippen molar-refractivity contribution >= 4 is 23.7 Å². The van der Waals surface area contributed by atoms with Crippen LogP contribution in [0.3, 0.4) is 0 Å². The molecule has 26 heavy (non-hydrogen) atoms. The summed E-state index contributed by atoms with van der Waals surface area (Å²) in [4.78, 5) is 24.4. The zero-order valence-corrected chi connectivity index (χ0v) is 14.7. The first-order chi connectivity index (χ1) is 12.7. The Morgan fingerprint density at radius 3 is 2.31 bits per heavy atom. The molecule has 134 valence electrons. The fourth-order valence-electron chi connectivity index (χ4n) is 3.08. The van der Waals surface area contributed by atoms with E-state index in [-0.39, 0.29) is 17.7 Å². The molecule has 1 aliphatic rings. The minimum atomic E-state index is -0.290. The van der Waals surface area contributed by atoms with Crippen molar-refractivity contribution in [2.24, 2.45) is 11.0 Å². The van der Waals surface area contributed by atoms with Gasteiger partial charge in [0.25, 0.3) is 5.91 Å². The van der Waals surface area contributed by atoms with Crippen molar-refractivity contribution in [2.45, 2.75) is 32.1 Å². The highest BCUT2D eigenvalue weighted by atomic mass is 16.2. The van der Waals surface area contributed by atoms with Crippen molar-refractivity contribution in [1.29, 1.82) is 0 Å². The van der Waals surface area contributed by atoms with E-state index in [0.29, 0.717) is 11.3 Å². The van der Waals surface area contributed by atoms with Crippen molar-refractivity contribution in [2.75, 3.05) is 5.32 Å². The summed E-state index contributed by atoms with van der Waals surface area (Å²) in [5.74, 6) is -0.101. The van der Waals surface area contributed by atoms with E-state index in [1.807, 2.05) is 30.3 Å². The largest absolute Gasteiger partial charge is 0.326 e. The molecule has 5 nitrogen and oxygen atoms in total. The number of nitrogens with zero attached hydrogens (tertiary/aromatic N) is 1. The lowest BCUT2D eigenvalue weighted by atomic mass is 9.88. The summed E-state index contributed by atoms with van der Waals surface area (Å²) in [6.07, 6.45) is 7.00. The summed E-state index contributed by atoms with van der Waals surface area (Å²) >= 11 is 0. The van der Waals surface area contributed by atoms with Gasteiger partial charge in [-0.05, 0) is 42.7 Å². The van der Waals surface area contributed by atoms with E-state index >= 15 is 0 Å². The van der Waals surface area contributed by atoms with Crippen LogP contribution in [-0.4, -0.2) is 18.0 Å². The van der Waals surface area contributed by atoms with Gasteiger partial charge < -0.3 is 5.32 Å². The molecule has 5 heteroatoms. The molecule has 0 heterocycles. The molecule has 1 saturated carbocycles. The molecule has 0 aromatic heterocycles. The standard InChI is InChI=1S/C21H23N3O2/c25-20(17-9-5-2-6-10-17)23-19-13-11-18(12-14-19)21(26)24-22-15-16-7-3-1-4-8-16/h1,3-4,7-8,11-15,17H,2,5-6,9-10H2,(H,23,25)(H,24,26)/b22-15+. The highest BCUT2D eigenvalue weighted by molar-refractivity contribution is 5.96. The van der Waals surface area contributed by atoms with Crippen LogP contribution in [0.25, 0.3) is 0 Å². The molecule has 3 rings (SSSR count). The van der Waals surface area contributed by atoms with E-state index in [2.05, 4.69) is 15.8 Å². The van der Waals surface area contributed by atoms with Gasteiger partial charge in [0, 0.05) is 17.2 Å². The maximum absolute atomic E-state index is 12.3. The molecule has 0 aliphatic heterocycles. The molecule has 2 amide bonds. The topological polar surface area (TPSA) is 70.6 Å². The molecule has 0 radical (unpaired) electrons. The Labute approximate surface area is 153 Å². The molecule has 0 bridgehead atoms. The first-order valence-corrected chi connectivity index (χ1v) is 9.02. The minimum Gasteiger partial charge on any atom is -0.326 e. The van der Waals surface area contributed by atoms with Crippen LogP contribution < -0.4 is 10.7 Å². The Hall–Kier alpha value is -2.95. The predicted octanol–water partition coefficient (Wildman–Crippen LogP) is 3.97. The predicted molar refractivity (Wildman–Crippen MR) is 103 cm³/mol. The minimum absolute atomic E-state index is 0.0781. The highest BCUT2D eigenvalue weighted by Crippen LogP contribution is 2.25. The van der Waals surface area contributed by atoms with Gasteiger partial charge in [0.05, 0.1) is 6.21 Å². The Bertz CT molecular complexity index is 764. The van der Waals surface area contributed by atoms with Crippen molar-refractivity contribution in [3.8, 4) is 0 Å². The van der Waals surface area contributed by atoms with Gasteiger partial charge in [-0.25, -0.2) is 5.43 Å². The number of hydrazone groups is 1. The average molecular weight is 349 g/mol. The molecular weight excluding hydrogens is 326 g/mol. The molecule has 2 N–H and O–H groups in total. The summed E-state index contributed by atoms with van der Waals surface area (Å²) in [5, 5.41) is 6.90. The van der Waals surface area contributed by atoms with Crippen LogP contribution in [0.15, 0.2) is 59.7 Å². The van der Waals surface area contributed by atoms with Gasteiger partial charge in [0.2, 0.25) is 5.91 Å². The third-order valence-electron chi connectivity index (χ3n) is 4.57. The van der Waals surface area contributed by atoms with E-state index in [0.717, 1.165) is 31.2 Å². The molecule has 1 aliphatic carbocycles. The molecule has 0 unspecified atom stereocenters. The smallest absolute Gasteiger partial charge is 0.271 e. The fraction of sp³-hybridized carbons (Fsp3) is 0.286. The number of carbonyl (C=O) groups excluding carboxylic acids is 2. The normalized spacial score (nSPS) is 14.9. The van der Waals surface area contributed by atoms with Crippen LogP contribution in [0.4, 0.5) is 5.69 Å². The van der Waals surface area contributed by atoms with Gasteiger partial charge in [-0.1, -0.05) is 49.6 Å². The van der Waals surface area contributed by atoms with E-state index < -0.39 is 0 Å². The highest BCUT2D eigenvalue weighted by Gasteiger charge is 2.21. The van der Waals surface area contributed by atoms with Crippen LogP contribution >= 0.6 is 0 Å². The molecular formula is C21H23N3O2. The summed E-state index contributed by atoms with van der Waals surface area (Å²) in [7, 11) is 0. The van der Waals surface area contributed by atoms with E-state index in [9.17, 15) is 9.59 Å². The van der Waals surface area contributed by atoms with Crippen molar-refractivity contribution in [1.82, 2.24) is 5.43 Å². The van der Waals surface area contributed by atoms with E-state index in [1.54, 1.807) is 30.5 Å². The number of benzene rings is 2. The van der Waals surface area contributed by atoms with Crippen LogP contribution in [0, 0.1) is 5.92 Å². The monoisotopic (exact) mass is 349 g/mol. The summed E-state index contributed by atoms with van der Waals surface area (Å²) in [6.45, 7) is 0. The van der Waals surface area contributed by atoms with Crippen LogP contribution in [-0.2, 0) is 4.79 Å². The number of carbonyl (C=O) groups is 2. The van der Waals surface area contributed by atoms with Gasteiger partial charge in [0.15, 0.2) is 0 Å². The lowest BCUT2D eigenvalue weighted by Crippen LogP contribution is -2.24. The second-order valence-corrected chi connectivity index (χ2v) is 6.51. The summed E-state index contributed by atoms with van der Waals surface area (Å²) in [5.41, 5.74) is 4.62. The van der Waals surface area contributed by atoms with Crippen LogP contribution in [0.1, 0.15) is 48.0 Å². The Morgan fingerprint density at radius 2 is 1.62 bits per heavy atom. The molecule has 0 spiro atoms. The summed E-state index contributed by atoms with van der Waals surface area (Å²) < 4.78 is 0. The van der Waals surface area contributed by atoms with E-state index in [1.165, 1.54) is 6.42 Å². The Kier molecular flexibility index (Phi) is 6.14. The molecule has 0 saturated heterocycles. The lowest BCUT2D eigenvalue weighted by Gasteiger charge is -2.20.